The van der Waals surface area contributed by atoms with Crippen molar-refractivity contribution >= 4 is 17.7 Å². The second-order valence-electron chi connectivity index (χ2n) is 8.59. The fourth-order valence-electron chi connectivity index (χ4n) is 4.89. The molecule has 35 heavy (non-hydrogen) atoms. The maximum atomic E-state index is 13.9. The molecule has 1 heterocycles. The van der Waals surface area contributed by atoms with E-state index in [9.17, 15) is 14.4 Å². The number of hydrogen-bond acceptors (Lipinski definition) is 9. The van der Waals surface area contributed by atoms with E-state index in [1.54, 1.807) is 19.1 Å². The molecule has 0 unspecified atom stereocenters. The van der Waals surface area contributed by atoms with Crippen LogP contribution in [0, 0.1) is 11.8 Å². The molecule has 3 atom stereocenters. The van der Waals surface area contributed by atoms with Gasteiger partial charge in [0.15, 0.2) is 17.3 Å². The van der Waals surface area contributed by atoms with Crippen LogP contribution in [-0.2, 0) is 23.9 Å². The minimum absolute atomic E-state index is 0.229. The first-order valence-electron chi connectivity index (χ1n) is 11.5. The summed E-state index contributed by atoms with van der Waals surface area (Å²) in [6.45, 7) is 5.73. The molecule has 9 heteroatoms. The molecule has 0 radical (unpaired) electrons. The lowest BCUT2D eigenvalue weighted by molar-refractivity contribution is -0.151. The van der Waals surface area contributed by atoms with Crippen molar-refractivity contribution in [1.29, 1.82) is 0 Å². The molecule has 190 valence electrons. The number of allylic oxidation sites excluding steroid dienone is 3. The number of ether oxygens (including phenoxy) is 5. The van der Waals surface area contributed by atoms with Crippen LogP contribution in [0.3, 0.4) is 0 Å². The van der Waals surface area contributed by atoms with Crippen LogP contribution in [0.4, 0.5) is 0 Å². The first-order valence-corrected chi connectivity index (χ1v) is 11.5. The Labute approximate surface area is 205 Å². The summed E-state index contributed by atoms with van der Waals surface area (Å²) in [7, 11) is 5.73. The summed E-state index contributed by atoms with van der Waals surface area (Å²) in [5, 5.41) is 3.24. The van der Waals surface area contributed by atoms with Crippen LogP contribution in [0.2, 0.25) is 0 Å². The van der Waals surface area contributed by atoms with E-state index in [1.807, 2.05) is 13.8 Å². The van der Waals surface area contributed by atoms with Gasteiger partial charge in [-0.15, -0.1) is 0 Å². The lowest BCUT2D eigenvalue weighted by Gasteiger charge is -2.38. The number of ketones is 1. The number of benzene rings is 1. The van der Waals surface area contributed by atoms with Crippen molar-refractivity contribution < 1.29 is 38.1 Å². The largest absolute Gasteiger partial charge is 0.493 e. The van der Waals surface area contributed by atoms with Crippen LogP contribution >= 0.6 is 0 Å². The van der Waals surface area contributed by atoms with Gasteiger partial charge in [0.2, 0.25) is 5.75 Å². The smallest absolute Gasteiger partial charge is 0.336 e. The molecule has 0 fully saturated rings. The van der Waals surface area contributed by atoms with E-state index in [2.05, 4.69) is 5.32 Å². The summed E-state index contributed by atoms with van der Waals surface area (Å²) in [6, 6.07) is 3.43. The van der Waals surface area contributed by atoms with Gasteiger partial charge in [-0.1, -0.05) is 19.9 Å². The molecular formula is C26H33NO8. The highest BCUT2D eigenvalue weighted by atomic mass is 16.5. The van der Waals surface area contributed by atoms with Gasteiger partial charge >= 0.3 is 11.9 Å². The van der Waals surface area contributed by atoms with Crippen molar-refractivity contribution in [1.82, 2.24) is 5.32 Å². The average molecular weight is 488 g/mol. The van der Waals surface area contributed by atoms with Gasteiger partial charge in [0, 0.05) is 22.5 Å². The number of carbonyl (C=O) groups excluding carboxylic acids is 3. The topological polar surface area (TPSA) is 109 Å². The van der Waals surface area contributed by atoms with Crippen LogP contribution in [0.25, 0.3) is 0 Å². The number of Topliss-reactive ketones (excluding diaryl/α,β-unsaturated/α-hetero) is 1. The Kier molecular flexibility index (Phi) is 8.09. The lowest BCUT2D eigenvalue weighted by Crippen LogP contribution is -2.43. The minimum atomic E-state index is -0.986. The van der Waals surface area contributed by atoms with Crippen molar-refractivity contribution in [3.63, 3.8) is 0 Å². The molecule has 1 aliphatic heterocycles. The average Bonchev–Trinajstić information content (AvgIpc) is 2.84. The Bertz CT molecular complexity index is 1090. The highest BCUT2D eigenvalue weighted by Gasteiger charge is 2.48. The van der Waals surface area contributed by atoms with Crippen molar-refractivity contribution in [2.75, 3.05) is 35.0 Å². The number of carbonyl (C=O) groups is 3. The quantitative estimate of drug-likeness (QED) is 0.436. The second-order valence-corrected chi connectivity index (χ2v) is 8.59. The highest BCUT2D eigenvalue weighted by Crippen LogP contribution is 2.51. The fourth-order valence-corrected chi connectivity index (χ4v) is 4.89. The molecular weight excluding hydrogens is 454 g/mol. The Morgan fingerprint density at radius 3 is 2.31 bits per heavy atom. The maximum absolute atomic E-state index is 13.9. The molecule has 0 saturated heterocycles. The summed E-state index contributed by atoms with van der Waals surface area (Å²) in [5.74, 6) is -2.59. The summed E-state index contributed by atoms with van der Waals surface area (Å²) >= 11 is 0. The lowest BCUT2D eigenvalue weighted by atomic mass is 9.69. The fraction of sp³-hybridized carbons (Fsp3) is 0.500. The van der Waals surface area contributed by atoms with Gasteiger partial charge in [-0.3, -0.25) is 9.59 Å². The molecule has 1 aromatic rings. The molecule has 2 aliphatic rings. The van der Waals surface area contributed by atoms with Gasteiger partial charge in [0.05, 0.1) is 46.5 Å². The van der Waals surface area contributed by atoms with Gasteiger partial charge in [-0.25, -0.2) is 4.79 Å². The zero-order chi connectivity index (χ0) is 25.9. The number of esters is 2. The van der Waals surface area contributed by atoms with Crippen molar-refractivity contribution in [2.45, 2.75) is 39.5 Å². The Balaban J connectivity index is 2.30. The number of hydrogen-bond donors (Lipinski definition) is 1. The zero-order valence-corrected chi connectivity index (χ0v) is 21.3. The molecule has 0 bridgehead atoms. The van der Waals surface area contributed by atoms with E-state index in [-0.39, 0.29) is 18.1 Å². The third-order valence-corrected chi connectivity index (χ3v) is 6.45. The van der Waals surface area contributed by atoms with E-state index in [1.165, 1.54) is 28.4 Å². The van der Waals surface area contributed by atoms with E-state index in [0.29, 0.717) is 52.6 Å². The van der Waals surface area contributed by atoms with Gasteiger partial charge in [0.25, 0.3) is 0 Å². The Hall–Kier alpha value is -3.49. The summed E-state index contributed by atoms with van der Waals surface area (Å²) in [6.07, 6.45) is 1.08. The minimum Gasteiger partial charge on any atom is -0.493 e. The number of dihydropyridines is 1. The molecule has 3 rings (SSSR count). The molecule has 0 aromatic heterocycles. The van der Waals surface area contributed by atoms with Gasteiger partial charge in [-0.2, -0.15) is 0 Å². The van der Waals surface area contributed by atoms with Gasteiger partial charge in [0.1, 0.15) is 5.92 Å². The van der Waals surface area contributed by atoms with E-state index < -0.39 is 29.6 Å². The predicted octanol–water partition coefficient (Wildman–Crippen LogP) is 3.28. The first kappa shape index (κ1) is 26.1. The second kappa shape index (κ2) is 10.8. The summed E-state index contributed by atoms with van der Waals surface area (Å²) < 4.78 is 27.1. The first-order chi connectivity index (χ1) is 16.7. The zero-order valence-electron chi connectivity index (χ0n) is 21.3. The monoisotopic (exact) mass is 487 g/mol. The molecule has 0 amide bonds. The Morgan fingerprint density at radius 2 is 1.74 bits per heavy atom. The molecule has 1 aromatic carbocycles. The Morgan fingerprint density at radius 1 is 1.06 bits per heavy atom. The summed E-state index contributed by atoms with van der Waals surface area (Å²) in [4.78, 5) is 39.7. The van der Waals surface area contributed by atoms with Crippen molar-refractivity contribution in [2.24, 2.45) is 11.8 Å². The van der Waals surface area contributed by atoms with E-state index >= 15 is 0 Å². The molecule has 9 nitrogen and oxygen atoms in total. The van der Waals surface area contributed by atoms with Gasteiger partial charge < -0.3 is 29.0 Å². The van der Waals surface area contributed by atoms with Crippen LogP contribution < -0.4 is 19.5 Å². The third kappa shape index (κ3) is 4.59. The normalized spacial score (nSPS) is 21.7. The van der Waals surface area contributed by atoms with Crippen molar-refractivity contribution in [3.05, 3.63) is 40.2 Å². The number of methoxy groups -OCH3 is 4. The highest BCUT2D eigenvalue weighted by molar-refractivity contribution is 6.12. The van der Waals surface area contributed by atoms with Crippen LogP contribution in [0.5, 0.6) is 17.2 Å². The molecule has 1 N–H and O–H groups in total. The van der Waals surface area contributed by atoms with Crippen LogP contribution in [0.15, 0.2) is 34.7 Å². The molecule has 0 saturated carbocycles. The number of rotatable bonds is 8. The SMILES string of the molecule is CCCOC(=O)C1=C(C)NC2=C(C(=O)[C@H](C(=O)OC)[C@H](C)C2)[C@@H]1c1ccc(OC)c(OC)c1OC. The maximum Gasteiger partial charge on any atom is 0.336 e. The third-order valence-electron chi connectivity index (χ3n) is 6.45. The standard InChI is InChI=1S/C26H33NO8/c1-8-11-35-26(30)19-14(3)27-16-12-13(2)18(25(29)34-7)22(28)21(16)20(19)15-9-10-17(31-4)24(33-6)23(15)32-5/h9-10,13,18,20,27H,8,11-12H2,1-7H3/t13-,18-,20-/m1/s1. The summed E-state index contributed by atoms with van der Waals surface area (Å²) in [5.41, 5.74) is 2.35. The molecule has 0 spiro atoms. The number of nitrogens with one attached hydrogen (secondary N) is 1. The van der Waals surface area contributed by atoms with Crippen molar-refractivity contribution in [3.8, 4) is 17.2 Å². The van der Waals surface area contributed by atoms with Crippen LogP contribution in [-0.4, -0.2) is 52.8 Å². The van der Waals surface area contributed by atoms with Gasteiger partial charge in [-0.05, 0) is 31.7 Å². The van der Waals surface area contributed by atoms with E-state index in [4.69, 9.17) is 23.7 Å². The predicted molar refractivity (Wildman–Crippen MR) is 127 cm³/mol. The molecule has 1 aliphatic carbocycles. The van der Waals surface area contributed by atoms with E-state index in [0.717, 1.165) is 0 Å². The van der Waals surface area contributed by atoms with Crippen LogP contribution in [0.1, 0.15) is 45.1 Å².